The second-order valence-corrected chi connectivity index (χ2v) is 6.04. The summed E-state index contributed by atoms with van der Waals surface area (Å²) in [6.07, 6.45) is 8.20. The van der Waals surface area contributed by atoms with E-state index in [1.165, 1.54) is 38.5 Å². The summed E-state index contributed by atoms with van der Waals surface area (Å²) in [6.45, 7) is 2.16. The molecule has 3 nitrogen and oxygen atoms in total. The molecule has 1 aromatic rings. The first-order valence-electron chi connectivity index (χ1n) is 7.28. The van der Waals surface area contributed by atoms with Gasteiger partial charge in [-0.15, -0.1) is 0 Å². The molecule has 2 N–H and O–H groups in total. The molecule has 0 atom stereocenters. The van der Waals surface area contributed by atoms with Gasteiger partial charge in [0.05, 0.1) is 16.9 Å². The first kappa shape index (κ1) is 12.3. The lowest BCUT2D eigenvalue weighted by atomic mass is 9.77. The molecule has 1 saturated heterocycles. The van der Waals surface area contributed by atoms with E-state index < -0.39 is 0 Å². The van der Waals surface area contributed by atoms with Gasteiger partial charge in [-0.1, -0.05) is 18.9 Å². The van der Waals surface area contributed by atoms with Gasteiger partial charge in [-0.25, -0.2) is 0 Å². The summed E-state index contributed by atoms with van der Waals surface area (Å²) >= 11 is 0. The molecule has 1 heterocycles. The third-order valence-corrected chi connectivity index (χ3v) is 5.03. The Morgan fingerprint density at radius 2 is 1.79 bits per heavy atom. The highest BCUT2D eigenvalue weighted by molar-refractivity contribution is 5.74. The molecular formula is C16H21N3. The summed E-state index contributed by atoms with van der Waals surface area (Å²) in [7, 11) is 0. The molecule has 0 amide bonds. The molecular weight excluding hydrogens is 234 g/mol. The lowest BCUT2D eigenvalue weighted by Crippen LogP contribution is -2.39. The van der Waals surface area contributed by atoms with Crippen LogP contribution in [0.4, 0.5) is 11.4 Å². The molecule has 3 heteroatoms. The standard InChI is InChI=1S/C16H21N3/c17-12-13-4-3-5-14(15(13)18)19-10-8-16(9-11-19)6-1-2-7-16/h3-5H,1-2,6-11,18H2. The van der Waals surface area contributed by atoms with Gasteiger partial charge in [0.2, 0.25) is 0 Å². The Morgan fingerprint density at radius 3 is 2.42 bits per heavy atom. The molecule has 0 unspecified atom stereocenters. The van der Waals surface area contributed by atoms with Crippen LogP contribution in [0, 0.1) is 16.7 Å². The van der Waals surface area contributed by atoms with E-state index in [9.17, 15) is 0 Å². The highest BCUT2D eigenvalue weighted by atomic mass is 15.1. The number of para-hydroxylation sites is 1. The van der Waals surface area contributed by atoms with Gasteiger partial charge in [0, 0.05) is 13.1 Å². The van der Waals surface area contributed by atoms with Gasteiger partial charge in [0.15, 0.2) is 0 Å². The molecule has 1 spiro atoms. The van der Waals surface area contributed by atoms with Crippen LogP contribution in [-0.2, 0) is 0 Å². The molecule has 0 radical (unpaired) electrons. The molecule has 1 aliphatic heterocycles. The molecule has 19 heavy (non-hydrogen) atoms. The average Bonchev–Trinajstić information content (AvgIpc) is 2.89. The Labute approximate surface area is 115 Å². The first-order valence-corrected chi connectivity index (χ1v) is 7.28. The smallest absolute Gasteiger partial charge is 0.101 e. The number of hydrogen-bond donors (Lipinski definition) is 1. The van der Waals surface area contributed by atoms with E-state index in [0.717, 1.165) is 18.8 Å². The Balaban J connectivity index is 1.77. The van der Waals surface area contributed by atoms with Gasteiger partial charge in [-0.3, -0.25) is 0 Å². The molecule has 1 saturated carbocycles. The minimum absolute atomic E-state index is 0.596. The van der Waals surface area contributed by atoms with Gasteiger partial charge in [-0.05, 0) is 43.2 Å². The van der Waals surface area contributed by atoms with E-state index in [-0.39, 0.29) is 0 Å². The van der Waals surface area contributed by atoms with Gasteiger partial charge in [0.25, 0.3) is 0 Å². The number of nitrogens with zero attached hydrogens (tertiary/aromatic N) is 2. The van der Waals surface area contributed by atoms with Crippen molar-refractivity contribution in [3.05, 3.63) is 23.8 Å². The van der Waals surface area contributed by atoms with Gasteiger partial charge in [-0.2, -0.15) is 5.26 Å². The van der Waals surface area contributed by atoms with Crippen LogP contribution in [0.1, 0.15) is 44.1 Å². The number of hydrogen-bond acceptors (Lipinski definition) is 3. The van der Waals surface area contributed by atoms with Crippen molar-refractivity contribution in [1.29, 1.82) is 5.26 Å². The number of anilines is 2. The zero-order valence-electron chi connectivity index (χ0n) is 11.4. The molecule has 2 aliphatic rings. The zero-order chi connectivity index (χ0) is 13.3. The molecule has 100 valence electrons. The highest BCUT2D eigenvalue weighted by Crippen LogP contribution is 2.47. The molecule has 1 aromatic carbocycles. The van der Waals surface area contributed by atoms with E-state index in [1.807, 2.05) is 12.1 Å². The maximum absolute atomic E-state index is 9.06. The zero-order valence-corrected chi connectivity index (χ0v) is 11.4. The maximum atomic E-state index is 9.06. The third kappa shape index (κ3) is 2.16. The fourth-order valence-electron chi connectivity index (χ4n) is 3.77. The van der Waals surface area contributed by atoms with Crippen LogP contribution in [0.5, 0.6) is 0 Å². The summed E-state index contributed by atoms with van der Waals surface area (Å²) in [6, 6.07) is 7.94. The molecule has 0 bridgehead atoms. The van der Waals surface area contributed by atoms with Crippen LogP contribution < -0.4 is 10.6 Å². The Hall–Kier alpha value is -1.69. The first-order chi connectivity index (χ1) is 9.24. The summed E-state index contributed by atoms with van der Waals surface area (Å²) < 4.78 is 0. The van der Waals surface area contributed by atoms with Gasteiger partial charge < -0.3 is 10.6 Å². The summed E-state index contributed by atoms with van der Waals surface area (Å²) in [4.78, 5) is 2.36. The van der Waals surface area contributed by atoms with Crippen LogP contribution in [0.2, 0.25) is 0 Å². The second-order valence-electron chi connectivity index (χ2n) is 6.04. The van der Waals surface area contributed by atoms with Crippen LogP contribution in [-0.4, -0.2) is 13.1 Å². The number of nitrogens with two attached hydrogens (primary N) is 1. The van der Waals surface area contributed by atoms with Crippen molar-refractivity contribution < 1.29 is 0 Å². The van der Waals surface area contributed by atoms with E-state index in [1.54, 1.807) is 6.07 Å². The number of piperidine rings is 1. The normalized spacial score (nSPS) is 21.5. The predicted octanol–water partition coefficient (Wildman–Crippen LogP) is 3.30. The number of nitriles is 1. The van der Waals surface area contributed by atoms with Crippen molar-refractivity contribution in [1.82, 2.24) is 0 Å². The molecule has 2 fully saturated rings. The molecule has 1 aliphatic carbocycles. The van der Waals surface area contributed by atoms with E-state index >= 15 is 0 Å². The fourth-order valence-corrected chi connectivity index (χ4v) is 3.77. The Bertz CT molecular complexity index is 499. The summed E-state index contributed by atoms with van der Waals surface area (Å²) in [5, 5.41) is 9.06. The average molecular weight is 255 g/mol. The lowest BCUT2D eigenvalue weighted by molar-refractivity contribution is 0.226. The Kier molecular flexibility index (Phi) is 3.10. The van der Waals surface area contributed by atoms with Crippen molar-refractivity contribution in [2.24, 2.45) is 5.41 Å². The van der Waals surface area contributed by atoms with Crippen molar-refractivity contribution in [3.63, 3.8) is 0 Å². The van der Waals surface area contributed by atoms with E-state index in [0.29, 0.717) is 16.7 Å². The minimum Gasteiger partial charge on any atom is -0.396 e. The lowest BCUT2D eigenvalue weighted by Gasteiger charge is -2.40. The summed E-state index contributed by atoms with van der Waals surface area (Å²) in [5.41, 5.74) is 9.02. The van der Waals surface area contributed by atoms with Crippen LogP contribution >= 0.6 is 0 Å². The molecule has 3 rings (SSSR count). The van der Waals surface area contributed by atoms with Crippen LogP contribution in [0.15, 0.2) is 18.2 Å². The van der Waals surface area contributed by atoms with Gasteiger partial charge >= 0.3 is 0 Å². The monoisotopic (exact) mass is 255 g/mol. The Morgan fingerprint density at radius 1 is 1.11 bits per heavy atom. The SMILES string of the molecule is N#Cc1cccc(N2CCC3(CCCC3)CC2)c1N. The van der Waals surface area contributed by atoms with Crippen LogP contribution in [0.3, 0.4) is 0 Å². The number of benzene rings is 1. The number of nitrogen functional groups attached to an aromatic ring is 1. The third-order valence-electron chi connectivity index (χ3n) is 5.03. The van der Waals surface area contributed by atoms with E-state index in [2.05, 4.69) is 11.0 Å². The van der Waals surface area contributed by atoms with Crippen molar-refractivity contribution in [2.75, 3.05) is 23.7 Å². The quantitative estimate of drug-likeness (QED) is 0.783. The predicted molar refractivity (Wildman–Crippen MR) is 77.9 cm³/mol. The van der Waals surface area contributed by atoms with E-state index in [4.69, 9.17) is 11.0 Å². The largest absolute Gasteiger partial charge is 0.396 e. The second kappa shape index (κ2) is 4.77. The highest BCUT2D eigenvalue weighted by Gasteiger charge is 2.37. The fraction of sp³-hybridized carbons (Fsp3) is 0.562. The van der Waals surface area contributed by atoms with Crippen molar-refractivity contribution >= 4 is 11.4 Å². The van der Waals surface area contributed by atoms with Crippen molar-refractivity contribution in [3.8, 4) is 6.07 Å². The van der Waals surface area contributed by atoms with Crippen LogP contribution in [0.25, 0.3) is 0 Å². The minimum atomic E-state index is 0.596. The summed E-state index contributed by atoms with van der Waals surface area (Å²) in [5.74, 6) is 0. The van der Waals surface area contributed by atoms with Gasteiger partial charge in [0.1, 0.15) is 6.07 Å². The van der Waals surface area contributed by atoms with Crippen molar-refractivity contribution in [2.45, 2.75) is 38.5 Å². The maximum Gasteiger partial charge on any atom is 0.101 e. The molecule has 0 aromatic heterocycles. The topological polar surface area (TPSA) is 53.0 Å². The number of rotatable bonds is 1.